The fourth-order valence-electron chi connectivity index (χ4n) is 2.91. The lowest BCUT2D eigenvalue weighted by Gasteiger charge is -2.15. The van der Waals surface area contributed by atoms with Gasteiger partial charge in [-0.3, -0.25) is 9.36 Å². The number of nitrogens with one attached hydrogen (secondary N) is 1. The molecule has 0 fully saturated rings. The Kier molecular flexibility index (Phi) is 6.46. The van der Waals surface area contributed by atoms with E-state index in [-0.39, 0.29) is 29.6 Å². The molecule has 5 nitrogen and oxygen atoms in total. The number of halogens is 1. The number of thioether (sulfide) groups is 1. The van der Waals surface area contributed by atoms with Crippen LogP contribution in [0.1, 0.15) is 38.4 Å². The average Bonchev–Trinajstić information content (AvgIpc) is 3.11. The van der Waals surface area contributed by atoms with Crippen LogP contribution in [0.2, 0.25) is 0 Å². The van der Waals surface area contributed by atoms with E-state index in [1.807, 2.05) is 55.7 Å². The molecule has 1 aromatic heterocycles. The number of hydrogen-bond acceptors (Lipinski definition) is 4. The van der Waals surface area contributed by atoms with E-state index in [1.165, 1.54) is 17.8 Å². The normalized spacial score (nSPS) is 12.2. The highest BCUT2D eigenvalue weighted by atomic mass is 32.2. The van der Waals surface area contributed by atoms with E-state index in [0.29, 0.717) is 16.5 Å². The molecule has 146 valence electrons. The van der Waals surface area contributed by atoms with Crippen LogP contribution in [0.3, 0.4) is 0 Å². The molecule has 1 N–H and O–H groups in total. The van der Waals surface area contributed by atoms with Crippen LogP contribution in [0, 0.1) is 5.82 Å². The minimum Gasteiger partial charge on any atom is -0.349 e. The molecule has 0 saturated carbocycles. The lowest BCUT2D eigenvalue weighted by molar-refractivity contribution is -0.119. The molecule has 3 rings (SSSR count). The van der Waals surface area contributed by atoms with Gasteiger partial charge in [0, 0.05) is 6.04 Å². The summed E-state index contributed by atoms with van der Waals surface area (Å²) in [5.41, 5.74) is 1.45. The molecule has 0 bridgehead atoms. The van der Waals surface area contributed by atoms with Gasteiger partial charge >= 0.3 is 0 Å². The van der Waals surface area contributed by atoms with E-state index in [1.54, 1.807) is 18.2 Å². The maximum Gasteiger partial charge on any atom is 0.230 e. The second-order valence-electron chi connectivity index (χ2n) is 6.74. The predicted molar refractivity (Wildman–Crippen MR) is 110 cm³/mol. The van der Waals surface area contributed by atoms with E-state index in [4.69, 9.17) is 0 Å². The van der Waals surface area contributed by atoms with Gasteiger partial charge in [0.2, 0.25) is 5.91 Å². The van der Waals surface area contributed by atoms with Crippen LogP contribution in [-0.2, 0) is 4.79 Å². The zero-order chi connectivity index (χ0) is 20.1. The summed E-state index contributed by atoms with van der Waals surface area (Å²) in [6.07, 6.45) is 0. The monoisotopic (exact) mass is 398 g/mol. The highest BCUT2D eigenvalue weighted by molar-refractivity contribution is 7.99. The fourth-order valence-corrected chi connectivity index (χ4v) is 3.78. The van der Waals surface area contributed by atoms with Crippen LogP contribution in [0.25, 0.3) is 11.4 Å². The minimum absolute atomic E-state index is 0.0263. The molecule has 1 heterocycles. The first-order chi connectivity index (χ1) is 13.5. The molecule has 28 heavy (non-hydrogen) atoms. The number of benzene rings is 2. The molecule has 0 aliphatic rings. The second kappa shape index (κ2) is 9.01. The smallest absolute Gasteiger partial charge is 0.230 e. The van der Waals surface area contributed by atoms with Crippen molar-refractivity contribution < 1.29 is 9.18 Å². The fraction of sp³-hybridized carbons (Fsp3) is 0.286. The summed E-state index contributed by atoms with van der Waals surface area (Å²) in [4.78, 5) is 12.4. The Labute approximate surface area is 168 Å². The zero-order valence-electron chi connectivity index (χ0n) is 16.1. The minimum atomic E-state index is -0.345. The van der Waals surface area contributed by atoms with Gasteiger partial charge in [-0.2, -0.15) is 0 Å². The van der Waals surface area contributed by atoms with Crippen molar-refractivity contribution in [2.45, 2.75) is 38.0 Å². The molecule has 0 unspecified atom stereocenters. The van der Waals surface area contributed by atoms with Gasteiger partial charge in [0.05, 0.1) is 17.4 Å². The molecule has 0 saturated heterocycles. The van der Waals surface area contributed by atoms with Crippen LogP contribution in [-0.4, -0.2) is 26.4 Å². The maximum atomic E-state index is 14.2. The molecule has 0 radical (unpaired) electrons. The summed E-state index contributed by atoms with van der Waals surface area (Å²) in [5, 5.41) is 11.9. The number of amides is 1. The Morgan fingerprint density at radius 2 is 1.75 bits per heavy atom. The van der Waals surface area contributed by atoms with Crippen molar-refractivity contribution >= 4 is 17.7 Å². The molecule has 0 spiro atoms. The van der Waals surface area contributed by atoms with Gasteiger partial charge in [0.25, 0.3) is 0 Å². The summed E-state index contributed by atoms with van der Waals surface area (Å²) in [6, 6.07) is 16.2. The van der Waals surface area contributed by atoms with Crippen LogP contribution in [0.15, 0.2) is 59.8 Å². The summed E-state index contributed by atoms with van der Waals surface area (Å²) >= 11 is 1.30. The molecule has 7 heteroatoms. The Morgan fingerprint density at radius 3 is 2.43 bits per heavy atom. The van der Waals surface area contributed by atoms with Crippen LogP contribution >= 0.6 is 11.8 Å². The van der Waals surface area contributed by atoms with Crippen LogP contribution in [0.4, 0.5) is 4.39 Å². The van der Waals surface area contributed by atoms with Crippen LogP contribution in [0.5, 0.6) is 0 Å². The third-order valence-corrected chi connectivity index (χ3v) is 5.25. The van der Waals surface area contributed by atoms with Gasteiger partial charge < -0.3 is 5.32 Å². The Hall–Kier alpha value is -2.67. The molecule has 0 aliphatic carbocycles. The lowest BCUT2D eigenvalue weighted by atomic mass is 10.1. The summed E-state index contributed by atoms with van der Waals surface area (Å²) in [5.74, 6) is 0.239. The molecule has 0 aliphatic heterocycles. The van der Waals surface area contributed by atoms with Gasteiger partial charge in [-0.15, -0.1) is 10.2 Å². The van der Waals surface area contributed by atoms with Gasteiger partial charge in [0.1, 0.15) is 5.82 Å². The molecule has 2 aromatic carbocycles. The molecule has 1 amide bonds. The first kappa shape index (κ1) is 20.1. The van der Waals surface area contributed by atoms with E-state index in [2.05, 4.69) is 15.5 Å². The first-order valence-corrected chi connectivity index (χ1v) is 10.1. The van der Waals surface area contributed by atoms with Crippen molar-refractivity contribution in [1.82, 2.24) is 20.1 Å². The third kappa shape index (κ3) is 4.59. The van der Waals surface area contributed by atoms with Crippen molar-refractivity contribution in [3.63, 3.8) is 0 Å². The molecular weight excluding hydrogens is 375 g/mol. The summed E-state index contributed by atoms with van der Waals surface area (Å²) < 4.78 is 16.1. The van der Waals surface area contributed by atoms with Crippen molar-refractivity contribution in [3.8, 4) is 11.4 Å². The van der Waals surface area contributed by atoms with Crippen molar-refractivity contribution in [2.24, 2.45) is 0 Å². The Balaban J connectivity index is 1.71. The van der Waals surface area contributed by atoms with Crippen molar-refractivity contribution in [1.29, 1.82) is 0 Å². The van der Waals surface area contributed by atoms with Gasteiger partial charge in [-0.25, -0.2) is 4.39 Å². The first-order valence-electron chi connectivity index (χ1n) is 9.14. The number of carbonyl (C=O) groups is 1. The molecule has 1 atom stereocenters. The number of aromatic nitrogens is 3. The van der Waals surface area contributed by atoms with Crippen molar-refractivity contribution in [3.05, 3.63) is 66.0 Å². The predicted octanol–water partition coefficient (Wildman–Crippen LogP) is 4.63. The number of carbonyl (C=O) groups excluding carboxylic acids is 1. The Morgan fingerprint density at radius 1 is 1.07 bits per heavy atom. The number of rotatable bonds is 7. The SMILES string of the molecule is CC(C)n1c(SCC(=O)N[C@@H](C)c2ccccc2)nnc1-c1ccccc1F. The standard InChI is InChI=1S/C21H23FN4OS/c1-14(2)26-20(17-11-7-8-12-18(17)22)24-25-21(26)28-13-19(27)23-15(3)16-9-5-4-6-10-16/h4-12,14-15H,13H2,1-3H3,(H,23,27)/t15-/m0/s1. The van der Waals surface area contributed by atoms with Gasteiger partial charge in [0.15, 0.2) is 11.0 Å². The zero-order valence-corrected chi connectivity index (χ0v) is 16.9. The quantitative estimate of drug-likeness (QED) is 0.589. The summed E-state index contributed by atoms with van der Waals surface area (Å²) in [6.45, 7) is 5.91. The van der Waals surface area contributed by atoms with E-state index >= 15 is 0 Å². The molecular formula is C21H23FN4OS. The topological polar surface area (TPSA) is 59.8 Å². The number of hydrogen-bond donors (Lipinski definition) is 1. The highest BCUT2D eigenvalue weighted by Crippen LogP contribution is 2.29. The third-order valence-electron chi connectivity index (χ3n) is 4.31. The van der Waals surface area contributed by atoms with E-state index in [0.717, 1.165) is 5.56 Å². The van der Waals surface area contributed by atoms with Crippen LogP contribution < -0.4 is 5.32 Å². The van der Waals surface area contributed by atoms with Crippen molar-refractivity contribution in [2.75, 3.05) is 5.75 Å². The highest BCUT2D eigenvalue weighted by Gasteiger charge is 2.20. The summed E-state index contributed by atoms with van der Waals surface area (Å²) in [7, 11) is 0. The van der Waals surface area contributed by atoms with Gasteiger partial charge in [-0.05, 0) is 38.5 Å². The number of nitrogens with zero attached hydrogens (tertiary/aromatic N) is 3. The van der Waals surface area contributed by atoms with E-state index in [9.17, 15) is 9.18 Å². The Bertz CT molecular complexity index is 943. The lowest BCUT2D eigenvalue weighted by Crippen LogP contribution is -2.28. The second-order valence-corrected chi connectivity index (χ2v) is 7.68. The maximum absolute atomic E-state index is 14.2. The largest absolute Gasteiger partial charge is 0.349 e. The molecule has 3 aromatic rings. The van der Waals surface area contributed by atoms with Gasteiger partial charge in [-0.1, -0.05) is 54.2 Å². The average molecular weight is 399 g/mol. The van der Waals surface area contributed by atoms with E-state index < -0.39 is 0 Å².